The van der Waals surface area contributed by atoms with Gasteiger partial charge >= 0.3 is 0 Å². The summed E-state index contributed by atoms with van der Waals surface area (Å²) in [6.07, 6.45) is 0. The van der Waals surface area contributed by atoms with Gasteiger partial charge in [0.1, 0.15) is 0 Å². The van der Waals surface area contributed by atoms with Crippen LogP contribution in [0.2, 0.25) is 6.82 Å². The molecule has 3 heteroatoms. The van der Waals surface area contributed by atoms with Crippen LogP contribution in [0.15, 0.2) is 48.5 Å². The van der Waals surface area contributed by atoms with Crippen molar-refractivity contribution in [3.63, 3.8) is 0 Å². The smallest absolute Gasteiger partial charge is 0.238 e. The van der Waals surface area contributed by atoms with Crippen LogP contribution in [0, 0.1) is 6.92 Å². The van der Waals surface area contributed by atoms with E-state index in [9.17, 15) is 0 Å². The number of benzene rings is 2. The topological polar surface area (TPSA) is 26.0 Å². The molecule has 2 aromatic carbocycles. The molecule has 0 amide bonds. The number of aryl methyl sites for hydroxylation is 1. The Morgan fingerprint density at radius 3 is 2.00 bits per heavy atom. The highest BCUT2D eigenvalue weighted by molar-refractivity contribution is 8.26. The second-order valence-corrected chi connectivity index (χ2v) is 6.24. The van der Waals surface area contributed by atoms with Crippen LogP contribution >= 0.6 is 11.6 Å². The van der Waals surface area contributed by atoms with Crippen molar-refractivity contribution in [1.29, 1.82) is 0 Å². The van der Waals surface area contributed by atoms with Crippen LogP contribution < -0.4 is 11.2 Å². The number of hydrogen-bond acceptors (Lipinski definition) is 2. The molecule has 0 radical (unpaired) electrons. The zero-order chi connectivity index (χ0) is 13.7. The van der Waals surface area contributed by atoms with Crippen molar-refractivity contribution < 1.29 is 0 Å². The molecular formula is C16H20BNS. The third-order valence-corrected chi connectivity index (χ3v) is 4.49. The second kappa shape index (κ2) is 6.83. The van der Waals surface area contributed by atoms with Crippen LogP contribution in [0.5, 0.6) is 0 Å². The Morgan fingerprint density at radius 2 is 1.47 bits per heavy atom. The molecule has 1 nitrogen and oxygen atoms in total. The van der Waals surface area contributed by atoms with Gasteiger partial charge in [-0.15, -0.1) is 0 Å². The first-order valence-electron chi connectivity index (χ1n) is 6.69. The van der Waals surface area contributed by atoms with Gasteiger partial charge in [0, 0.05) is 6.54 Å². The minimum atomic E-state index is 0.510. The Labute approximate surface area is 120 Å². The van der Waals surface area contributed by atoms with E-state index in [1.54, 1.807) is 0 Å². The molecule has 0 atom stereocenters. The van der Waals surface area contributed by atoms with Crippen LogP contribution in [-0.2, 0) is 0 Å². The molecule has 0 aliphatic carbocycles. The van der Waals surface area contributed by atoms with E-state index in [4.69, 9.17) is 5.73 Å². The minimum Gasteiger partial charge on any atom is -0.330 e. The summed E-state index contributed by atoms with van der Waals surface area (Å²) in [6, 6.07) is 17.5. The maximum absolute atomic E-state index is 5.55. The fourth-order valence-electron chi connectivity index (χ4n) is 2.03. The van der Waals surface area contributed by atoms with Crippen LogP contribution in [0.3, 0.4) is 0 Å². The monoisotopic (exact) mass is 269 g/mol. The molecule has 0 spiro atoms. The van der Waals surface area contributed by atoms with E-state index in [0.29, 0.717) is 5.99 Å². The summed E-state index contributed by atoms with van der Waals surface area (Å²) in [5.74, 6) is 1.52. The second-order valence-electron chi connectivity index (χ2n) is 4.79. The summed E-state index contributed by atoms with van der Waals surface area (Å²) < 4.78 is 0. The zero-order valence-corrected chi connectivity index (χ0v) is 12.4. The van der Waals surface area contributed by atoms with E-state index in [1.807, 2.05) is 11.6 Å². The molecule has 0 aliphatic heterocycles. The fraction of sp³-hybridized carbons (Fsp3) is 0.250. The SMILES string of the molecule is CB(SCCN)c1ccc(-c2ccc(C)cc2)cc1. The van der Waals surface area contributed by atoms with Gasteiger partial charge in [0.25, 0.3) is 0 Å². The van der Waals surface area contributed by atoms with Gasteiger partial charge in [0.05, 0.1) is 0 Å². The van der Waals surface area contributed by atoms with E-state index in [-0.39, 0.29) is 0 Å². The highest BCUT2D eigenvalue weighted by atomic mass is 32.2. The third kappa shape index (κ3) is 3.89. The summed E-state index contributed by atoms with van der Waals surface area (Å²) in [5.41, 5.74) is 10.8. The molecule has 98 valence electrons. The number of nitrogens with two attached hydrogens (primary N) is 1. The van der Waals surface area contributed by atoms with Gasteiger partial charge in [-0.05, 0) is 23.8 Å². The van der Waals surface area contributed by atoms with Crippen molar-refractivity contribution in [2.75, 3.05) is 12.3 Å². The molecule has 0 aliphatic rings. The summed E-state index contributed by atoms with van der Waals surface area (Å²) in [6.45, 7) is 5.10. The van der Waals surface area contributed by atoms with Crippen LogP contribution in [0.4, 0.5) is 0 Å². The predicted octanol–water partition coefficient (Wildman–Crippen LogP) is 3.18. The molecule has 0 fully saturated rings. The Balaban J connectivity index is 2.11. The quantitative estimate of drug-likeness (QED) is 0.844. The van der Waals surface area contributed by atoms with Gasteiger partial charge < -0.3 is 5.73 Å². The molecule has 0 saturated carbocycles. The largest absolute Gasteiger partial charge is 0.330 e. The van der Waals surface area contributed by atoms with Gasteiger partial charge in [0.15, 0.2) is 0 Å². The fourth-order valence-corrected chi connectivity index (χ4v) is 2.87. The normalized spacial score (nSPS) is 10.5. The average molecular weight is 269 g/mol. The molecule has 2 rings (SSSR count). The first-order chi connectivity index (χ1) is 9.20. The van der Waals surface area contributed by atoms with Crippen molar-refractivity contribution in [3.8, 4) is 11.1 Å². The minimum absolute atomic E-state index is 0.510. The van der Waals surface area contributed by atoms with E-state index in [0.717, 1.165) is 12.3 Å². The van der Waals surface area contributed by atoms with Crippen molar-refractivity contribution in [2.45, 2.75) is 13.7 Å². The van der Waals surface area contributed by atoms with Crippen LogP contribution in [0.1, 0.15) is 5.56 Å². The Hall–Kier alpha value is -1.19. The number of rotatable bonds is 5. The van der Waals surface area contributed by atoms with Gasteiger partial charge in [-0.1, -0.05) is 66.4 Å². The summed E-state index contributed by atoms with van der Waals surface area (Å²) in [5, 5.41) is 0. The van der Waals surface area contributed by atoms with Gasteiger partial charge in [-0.2, -0.15) is 0 Å². The lowest BCUT2D eigenvalue weighted by atomic mass is 9.71. The Kier molecular flexibility index (Phi) is 5.11. The zero-order valence-electron chi connectivity index (χ0n) is 11.6. The standard InChI is InChI=1S/C16H20BNS/c1-13-3-5-14(6-4-13)15-7-9-16(10-8-15)17(2)19-12-11-18/h3-10H,11-12,18H2,1-2H3. The van der Waals surface area contributed by atoms with Gasteiger partial charge in [0.2, 0.25) is 5.99 Å². The molecular weight excluding hydrogens is 249 g/mol. The van der Waals surface area contributed by atoms with Crippen molar-refractivity contribution in [3.05, 3.63) is 54.1 Å². The summed E-state index contributed by atoms with van der Waals surface area (Å²) in [4.78, 5) is 0. The predicted molar refractivity (Wildman–Crippen MR) is 89.4 cm³/mol. The third-order valence-electron chi connectivity index (χ3n) is 3.25. The molecule has 2 aromatic rings. The summed E-state index contributed by atoms with van der Waals surface area (Å²) in [7, 11) is 0. The Morgan fingerprint density at radius 1 is 0.947 bits per heavy atom. The first-order valence-corrected chi connectivity index (χ1v) is 7.74. The average Bonchev–Trinajstić information content (AvgIpc) is 2.46. The van der Waals surface area contributed by atoms with Crippen LogP contribution in [-0.4, -0.2) is 18.3 Å². The van der Waals surface area contributed by atoms with Crippen molar-refractivity contribution in [1.82, 2.24) is 0 Å². The maximum atomic E-state index is 5.55. The molecule has 0 aromatic heterocycles. The van der Waals surface area contributed by atoms with E-state index in [2.05, 4.69) is 62.3 Å². The Bertz CT molecular complexity index is 507. The lowest BCUT2D eigenvalue weighted by Crippen LogP contribution is -2.24. The molecule has 19 heavy (non-hydrogen) atoms. The van der Waals surface area contributed by atoms with Crippen LogP contribution in [0.25, 0.3) is 11.1 Å². The molecule has 2 N–H and O–H groups in total. The lowest BCUT2D eigenvalue weighted by Gasteiger charge is -2.09. The highest BCUT2D eigenvalue weighted by Crippen LogP contribution is 2.19. The van der Waals surface area contributed by atoms with E-state index < -0.39 is 0 Å². The number of hydrogen-bond donors (Lipinski definition) is 1. The maximum Gasteiger partial charge on any atom is 0.238 e. The van der Waals surface area contributed by atoms with Crippen molar-refractivity contribution in [2.24, 2.45) is 5.73 Å². The lowest BCUT2D eigenvalue weighted by molar-refractivity contribution is 1.15. The van der Waals surface area contributed by atoms with Gasteiger partial charge in [-0.25, -0.2) is 11.6 Å². The van der Waals surface area contributed by atoms with Crippen molar-refractivity contribution >= 4 is 23.1 Å². The van der Waals surface area contributed by atoms with E-state index >= 15 is 0 Å². The molecule has 0 saturated heterocycles. The van der Waals surface area contributed by atoms with Gasteiger partial charge in [-0.3, -0.25) is 0 Å². The van der Waals surface area contributed by atoms with E-state index in [1.165, 1.54) is 22.2 Å². The molecule has 0 bridgehead atoms. The first kappa shape index (κ1) is 14.2. The highest BCUT2D eigenvalue weighted by Gasteiger charge is 2.10. The molecule has 0 heterocycles. The molecule has 0 unspecified atom stereocenters. The summed E-state index contributed by atoms with van der Waals surface area (Å²) >= 11 is 1.91.